The van der Waals surface area contributed by atoms with Gasteiger partial charge in [-0.15, -0.1) is 0 Å². The molecule has 104 valence electrons. The quantitative estimate of drug-likeness (QED) is 0.664. The summed E-state index contributed by atoms with van der Waals surface area (Å²) in [5.74, 6) is -1.81. The van der Waals surface area contributed by atoms with Gasteiger partial charge in [-0.3, -0.25) is 4.79 Å². The fourth-order valence-electron chi connectivity index (χ4n) is 1.67. The molecule has 1 unspecified atom stereocenters. The van der Waals surface area contributed by atoms with Crippen molar-refractivity contribution in [2.45, 2.75) is 24.6 Å². The van der Waals surface area contributed by atoms with Gasteiger partial charge >= 0.3 is 5.97 Å². The lowest BCUT2D eigenvalue weighted by atomic mass is 10.1. The first-order valence-electron chi connectivity index (χ1n) is 5.53. The van der Waals surface area contributed by atoms with Crippen LogP contribution in [0.2, 0.25) is 0 Å². The van der Waals surface area contributed by atoms with Crippen molar-refractivity contribution in [1.82, 2.24) is 10.2 Å². The molecule has 8 heteroatoms. The average Bonchev–Trinajstić information content (AvgIpc) is 2.26. The molecule has 1 heterocycles. The zero-order valence-electron chi connectivity index (χ0n) is 10.6. The molecule has 2 N–H and O–H groups in total. The van der Waals surface area contributed by atoms with Gasteiger partial charge in [0.1, 0.15) is 10.8 Å². The zero-order valence-corrected chi connectivity index (χ0v) is 11.5. The first kappa shape index (κ1) is 14.9. The topological polar surface area (TPSA) is 104 Å². The molecule has 18 heavy (non-hydrogen) atoms. The van der Waals surface area contributed by atoms with Crippen LogP contribution in [0.25, 0.3) is 0 Å². The second-order valence-corrected chi connectivity index (χ2v) is 7.40. The van der Waals surface area contributed by atoms with E-state index >= 15 is 0 Å². The van der Waals surface area contributed by atoms with E-state index in [-0.39, 0.29) is 13.1 Å². The minimum absolute atomic E-state index is 0.126. The number of hydrogen-bond acceptors (Lipinski definition) is 5. The van der Waals surface area contributed by atoms with Gasteiger partial charge in [0.2, 0.25) is 5.91 Å². The fraction of sp³-hybridized carbons (Fsp3) is 0.800. The predicted molar refractivity (Wildman–Crippen MR) is 64.9 cm³/mol. The highest BCUT2D eigenvalue weighted by Gasteiger charge is 2.45. The predicted octanol–water partition coefficient (Wildman–Crippen LogP) is -1.31. The molecule has 1 aliphatic rings. The van der Waals surface area contributed by atoms with E-state index in [1.54, 1.807) is 0 Å². The minimum Gasteiger partial charge on any atom is -0.480 e. The van der Waals surface area contributed by atoms with Gasteiger partial charge < -0.3 is 15.3 Å². The second-order valence-electron chi connectivity index (χ2n) is 4.84. The molecule has 7 nitrogen and oxygen atoms in total. The number of nitrogens with one attached hydrogen (secondary N) is 1. The number of sulfone groups is 1. The van der Waals surface area contributed by atoms with Gasteiger partial charge in [0, 0.05) is 25.9 Å². The van der Waals surface area contributed by atoms with Crippen molar-refractivity contribution in [3.63, 3.8) is 0 Å². The molecule has 0 radical (unpaired) electrons. The van der Waals surface area contributed by atoms with Crippen LogP contribution in [0, 0.1) is 0 Å². The van der Waals surface area contributed by atoms with Crippen LogP contribution in [-0.2, 0) is 19.4 Å². The first-order chi connectivity index (χ1) is 8.09. The SMILES string of the molecule is CC(C)(C(=O)N1CCNCC1C(=O)O)S(C)(=O)=O. The number of carboxylic acids is 1. The third-order valence-corrected chi connectivity index (χ3v) is 5.26. The molecule has 1 atom stereocenters. The maximum absolute atomic E-state index is 12.2. The van der Waals surface area contributed by atoms with E-state index in [1.165, 1.54) is 13.8 Å². The van der Waals surface area contributed by atoms with Crippen LogP contribution in [0.5, 0.6) is 0 Å². The molecule has 0 spiro atoms. The number of amides is 1. The summed E-state index contributed by atoms with van der Waals surface area (Å²) in [5, 5.41) is 11.9. The number of piperazine rings is 1. The first-order valence-corrected chi connectivity index (χ1v) is 7.42. The highest BCUT2D eigenvalue weighted by Crippen LogP contribution is 2.21. The molecule has 1 aliphatic heterocycles. The molecule has 1 rings (SSSR count). The van der Waals surface area contributed by atoms with Crippen molar-refractivity contribution < 1.29 is 23.1 Å². The smallest absolute Gasteiger partial charge is 0.327 e. The third-order valence-electron chi connectivity index (χ3n) is 3.23. The maximum atomic E-state index is 12.2. The number of carbonyl (C=O) groups is 2. The Kier molecular flexibility index (Phi) is 4.02. The Morgan fingerprint density at radius 2 is 1.94 bits per heavy atom. The Hall–Kier alpha value is -1.15. The molecular weight excluding hydrogens is 260 g/mol. The van der Waals surface area contributed by atoms with Gasteiger partial charge in [-0.1, -0.05) is 0 Å². The summed E-state index contributed by atoms with van der Waals surface area (Å²) in [6.07, 6.45) is 0.975. The van der Waals surface area contributed by atoms with Gasteiger partial charge in [0.25, 0.3) is 0 Å². The molecule has 0 aromatic carbocycles. The molecule has 1 amide bonds. The molecule has 1 fully saturated rings. The van der Waals surface area contributed by atoms with Crippen LogP contribution in [0.3, 0.4) is 0 Å². The summed E-state index contributed by atoms with van der Waals surface area (Å²) in [5.41, 5.74) is 0. The highest BCUT2D eigenvalue weighted by molar-refractivity contribution is 7.92. The maximum Gasteiger partial charge on any atom is 0.327 e. The summed E-state index contributed by atoms with van der Waals surface area (Å²) < 4.78 is 21.6. The van der Waals surface area contributed by atoms with Crippen LogP contribution in [0.1, 0.15) is 13.8 Å². The van der Waals surface area contributed by atoms with Gasteiger partial charge in [-0.25, -0.2) is 13.2 Å². The molecular formula is C10H18N2O5S. The largest absolute Gasteiger partial charge is 0.480 e. The third kappa shape index (κ3) is 2.64. The summed E-state index contributed by atoms with van der Waals surface area (Å²) >= 11 is 0. The average molecular weight is 278 g/mol. The Morgan fingerprint density at radius 1 is 1.39 bits per heavy atom. The van der Waals surface area contributed by atoms with Crippen molar-refractivity contribution in [3.05, 3.63) is 0 Å². The van der Waals surface area contributed by atoms with E-state index in [4.69, 9.17) is 5.11 Å². The van der Waals surface area contributed by atoms with Crippen LogP contribution in [0.15, 0.2) is 0 Å². The minimum atomic E-state index is -3.60. The number of carboxylic acid groups (broad SMARTS) is 1. The van der Waals surface area contributed by atoms with E-state index in [1.807, 2.05) is 0 Å². The lowest BCUT2D eigenvalue weighted by molar-refractivity contribution is -0.152. The van der Waals surface area contributed by atoms with Gasteiger partial charge in [0.05, 0.1) is 0 Å². The monoisotopic (exact) mass is 278 g/mol. The molecule has 0 aromatic rings. The number of rotatable bonds is 3. The summed E-state index contributed by atoms with van der Waals surface area (Å²) in [7, 11) is -3.60. The van der Waals surface area contributed by atoms with Crippen LogP contribution >= 0.6 is 0 Å². The summed E-state index contributed by atoms with van der Waals surface area (Å²) in [6, 6.07) is -1.02. The normalized spacial score (nSPS) is 21.7. The van der Waals surface area contributed by atoms with Gasteiger partial charge in [0.15, 0.2) is 9.84 Å². The van der Waals surface area contributed by atoms with Gasteiger partial charge in [-0.2, -0.15) is 0 Å². The zero-order chi connectivity index (χ0) is 14.1. The van der Waals surface area contributed by atoms with E-state index in [0.717, 1.165) is 11.2 Å². The molecule has 0 saturated carbocycles. The van der Waals surface area contributed by atoms with Crippen LogP contribution < -0.4 is 5.32 Å². The van der Waals surface area contributed by atoms with Crippen molar-refractivity contribution in [2.24, 2.45) is 0 Å². The lowest BCUT2D eigenvalue weighted by Crippen LogP contribution is -2.62. The number of nitrogens with zero attached hydrogens (tertiary/aromatic N) is 1. The van der Waals surface area contributed by atoms with Gasteiger partial charge in [-0.05, 0) is 13.8 Å². The Morgan fingerprint density at radius 3 is 2.39 bits per heavy atom. The highest BCUT2D eigenvalue weighted by atomic mass is 32.2. The fourth-order valence-corrected chi connectivity index (χ4v) is 2.11. The molecule has 0 aromatic heterocycles. The molecule has 0 bridgehead atoms. The van der Waals surface area contributed by atoms with Crippen molar-refractivity contribution >= 4 is 21.7 Å². The molecule has 0 aliphatic carbocycles. The molecule has 1 saturated heterocycles. The van der Waals surface area contributed by atoms with Crippen molar-refractivity contribution in [2.75, 3.05) is 25.9 Å². The van der Waals surface area contributed by atoms with E-state index in [0.29, 0.717) is 6.54 Å². The number of hydrogen-bond donors (Lipinski definition) is 2. The van der Waals surface area contributed by atoms with Crippen LogP contribution in [0.4, 0.5) is 0 Å². The standard InChI is InChI=1S/C10H18N2O5S/c1-10(2,18(3,16)17)9(15)12-5-4-11-6-7(12)8(13)14/h7,11H,4-6H2,1-3H3,(H,13,14). The number of aliphatic carboxylic acids is 1. The summed E-state index contributed by atoms with van der Waals surface area (Å²) in [4.78, 5) is 24.4. The van der Waals surface area contributed by atoms with E-state index in [2.05, 4.69) is 5.32 Å². The second kappa shape index (κ2) is 4.85. The van der Waals surface area contributed by atoms with Crippen molar-refractivity contribution in [1.29, 1.82) is 0 Å². The Bertz CT molecular complexity index is 457. The van der Waals surface area contributed by atoms with E-state index in [9.17, 15) is 18.0 Å². The lowest BCUT2D eigenvalue weighted by Gasteiger charge is -2.37. The Balaban J connectivity index is 3.05. The Labute approximate surface area is 106 Å². The summed E-state index contributed by atoms with van der Waals surface area (Å²) in [6.45, 7) is 3.36. The van der Waals surface area contributed by atoms with Crippen molar-refractivity contribution in [3.8, 4) is 0 Å². The van der Waals surface area contributed by atoms with E-state index < -0.39 is 32.5 Å². The number of carbonyl (C=O) groups excluding carboxylic acids is 1. The van der Waals surface area contributed by atoms with Crippen LogP contribution in [-0.4, -0.2) is 67.0 Å².